The van der Waals surface area contributed by atoms with Gasteiger partial charge < -0.3 is 19.9 Å². The number of nitrogens with one attached hydrogen (secondary N) is 1. The number of nitrogens with zero attached hydrogens (tertiary/aromatic N) is 2. The minimum absolute atomic E-state index is 0.0206. The number of fused-ring (bicyclic) bond motifs is 1. The Bertz CT molecular complexity index is 940. The van der Waals surface area contributed by atoms with Crippen LogP contribution in [0.15, 0.2) is 41.5 Å². The second-order valence-corrected chi connectivity index (χ2v) is 6.86. The number of amidine groups is 1. The molecule has 28 heavy (non-hydrogen) atoms. The summed E-state index contributed by atoms with van der Waals surface area (Å²) in [5, 5.41) is 2.96. The van der Waals surface area contributed by atoms with Gasteiger partial charge in [0.15, 0.2) is 0 Å². The molecule has 1 amide bonds. The number of carbonyl (C=O) groups excluding carboxylic acids is 1. The fourth-order valence-electron chi connectivity index (χ4n) is 3.29. The molecule has 146 valence electrons. The number of benzene rings is 1. The number of aliphatic imine (C=N–C) groups is 1. The number of anilines is 1. The molecule has 0 spiro atoms. The van der Waals surface area contributed by atoms with Gasteiger partial charge in [-0.05, 0) is 24.3 Å². The fraction of sp³-hybridized carbons (Fsp3) is 0.278. The van der Waals surface area contributed by atoms with Crippen LogP contribution in [0, 0.1) is 11.7 Å². The molecule has 1 aromatic carbocycles. The second kappa shape index (κ2) is 7.25. The van der Waals surface area contributed by atoms with Crippen LogP contribution in [0.1, 0.15) is 5.56 Å². The van der Waals surface area contributed by atoms with Gasteiger partial charge in [-0.15, -0.1) is 0 Å². The lowest BCUT2D eigenvalue weighted by Crippen LogP contribution is -2.43. The molecule has 8 nitrogen and oxygen atoms in total. The van der Waals surface area contributed by atoms with Crippen LogP contribution in [0.2, 0.25) is 5.02 Å². The number of hydrogen-bond acceptors (Lipinski definition) is 7. The Morgan fingerprint density at radius 3 is 3.00 bits per heavy atom. The van der Waals surface area contributed by atoms with Crippen molar-refractivity contribution in [2.75, 3.05) is 25.1 Å². The van der Waals surface area contributed by atoms with Gasteiger partial charge in [0, 0.05) is 29.4 Å². The van der Waals surface area contributed by atoms with E-state index >= 15 is 0 Å². The molecular formula is C18H16ClFN4O4. The Balaban J connectivity index is 1.58. The van der Waals surface area contributed by atoms with E-state index in [0.29, 0.717) is 17.3 Å². The molecule has 2 atom stereocenters. The fourth-order valence-corrected chi connectivity index (χ4v) is 3.40. The Kier molecular flexibility index (Phi) is 4.78. The van der Waals surface area contributed by atoms with Gasteiger partial charge in [0.2, 0.25) is 5.88 Å². The van der Waals surface area contributed by atoms with E-state index in [-0.39, 0.29) is 36.6 Å². The summed E-state index contributed by atoms with van der Waals surface area (Å²) >= 11 is 5.75. The van der Waals surface area contributed by atoms with Crippen LogP contribution in [-0.2, 0) is 15.0 Å². The molecule has 0 bridgehead atoms. The molecule has 1 saturated heterocycles. The molecule has 0 saturated carbocycles. The summed E-state index contributed by atoms with van der Waals surface area (Å²) in [6.07, 6.45) is 0.576. The predicted octanol–water partition coefficient (Wildman–Crippen LogP) is 2.67. The molecule has 3 heterocycles. The number of nitrogens with two attached hydrogens (primary N) is 1. The number of aromatic nitrogens is 1. The molecule has 0 aliphatic carbocycles. The Morgan fingerprint density at radius 1 is 1.36 bits per heavy atom. The number of carbonyl (C=O) groups is 1. The van der Waals surface area contributed by atoms with Crippen molar-refractivity contribution in [2.24, 2.45) is 16.6 Å². The molecule has 10 heteroatoms. The number of hydrogen-bond donors (Lipinski definition) is 2. The van der Waals surface area contributed by atoms with E-state index in [0.717, 1.165) is 0 Å². The maximum absolute atomic E-state index is 14.7. The summed E-state index contributed by atoms with van der Waals surface area (Å²) in [5.41, 5.74) is 5.32. The number of pyridine rings is 1. The largest absolute Gasteiger partial charge is 0.465 e. The van der Waals surface area contributed by atoms with Crippen LogP contribution in [0.5, 0.6) is 5.88 Å². The van der Waals surface area contributed by atoms with E-state index in [1.807, 2.05) is 0 Å². The molecule has 1 fully saturated rings. The molecular weight excluding hydrogens is 391 g/mol. The van der Waals surface area contributed by atoms with Gasteiger partial charge in [0.05, 0.1) is 24.8 Å². The highest BCUT2D eigenvalue weighted by molar-refractivity contribution is 6.30. The lowest BCUT2D eigenvalue weighted by molar-refractivity contribution is 0.154. The average molecular weight is 407 g/mol. The van der Waals surface area contributed by atoms with Crippen LogP contribution >= 0.6 is 11.6 Å². The zero-order chi connectivity index (χ0) is 19.7. The van der Waals surface area contributed by atoms with E-state index in [9.17, 15) is 9.18 Å². The van der Waals surface area contributed by atoms with Gasteiger partial charge in [-0.2, -0.15) is 0 Å². The number of halogens is 2. The zero-order valence-electron chi connectivity index (χ0n) is 14.5. The Hall–Kier alpha value is -2.91. The lowest BCUT2D eigenvalue weighted by atomic mass is 9.80. The quantitative estimate of drug-likeness (QED) is 0.811. The van der Waals surface area contributed by atoms with E-state index in [1.165, 1.54) is 30.5 Å². The SMILES string of the molecule is NC1=N[C@@]2(c3cc(NC(=O)Oc4ccc(Cl)cn4)ccc3F)COC[C@H]2CO1. The minimum Gasteiger partial charge on any atom is -0.465 e. The molecule has 1 aromatic heterocycles. The molecule has 2 aliphatic rings. The third-order valence-electron chi connectivity index (χ3n) is 4.64. The highest BCUT2D eigenvalue weighted by Crippen LogP contribution is 2.43. The standard InChI is InChI=1S/C18H16ClFN4O4/c19-11-1-4-15(22-6-11)28-17(25)23-12-2-3-14(20)13(5-12)18-9-26-7-10(18)8-27-16(21)24-18/h1-6,10H,7-9H2,(H2,21,24)(H,23,25)/t10-,18-/m0/s1. The maximum atomic E-state index is 14.7. The first-order valence-corrected chi connectivity index (χ1v) is 8.80. The van der Waals surface area contributed by atoms with Gasteiger partial charge in [0.25, 0.3) is 6.02 Å². The average Bonchev–Trinajstić information content (AvgIpc) is 3.09. The van der Waals surface area contributed by atoms with Crippen molar-refractivity contribution in [3.63, 3.8) is 0 Å². The molecule has 0 radical (unpaired) electrons. The number of rotatable bonds is 3. The summed E-state index contributed by atoms with van der Waals surface area (Å²) in [6, 6.07) is 7.14. The summed E-state index contributed by atoms with van der Waals surface area (Å²) in [5.74, 6) is -0.587. The van der Waals surface area contributed by atoms with E-state index in [4.69, 9.17) is 31.5 Å². The summed E-state index contributed by atoms with van der Waals surface area (Å²) in [7, 11) is 0. The topological polar surface area (TPSA) is 108 Å². The van der Waals surface area contributed by atoms with Crippen molar-refractivity contribution in [3.05, 3.63) is 52.9 Å². The van der Waals surface area contributed by atoms with Crippen molar-refractivity contribution in [2.45, 2.75) is 5.54 Å². The highest BCUT2D eigenvalue weighted by atomic mass is 35.5. The first-order chi connectivity index (χ1) is 13.5. The highest BCUT2D eigenvalue weighted by Gasteiger charge is 2.50. The van der Waals surface area contributed by atoms with Gasteiger partial charge in [-0.25, -0.2) is 19.2 Å². The van der Waals surface area contributed by atoms with Gasteiger partial charge in [-0.3, -0.25) is 5.32 Å². The monoisotopic (exact) mass is 406 g/mol. The maximum Gasteiger partial charge on any atom is 0.418 e. The number of ether oxygens (including phenoxy) is 3. The first-order valence-electron chi connectivity index (χ1n) is 8.42. The summed E-state index contributed by atoms with van der Waals surface area (Å²) in [4.78, 5) is 20.3. The van der Waals surface area contributed by atoms with Crippen molar-refractivity contribution >= 4 is 29.4 Å². The number of amides is 1. The first kappa shape index (κ1) is 18.5. The van der Waals surface area contributed by atoms with Crippen LogP contribution in [-0.4, -0.2) is 36.9 Å². The van der Waals surface area contributed by atoms with Crippen molar-refractivity contribution in [1.29, 1.82) is 0 Å². The van der Waals surface area contributed by atoms with Crippen LogP contribution in [0.3, 0.4) is 0 Å². The van der Waals surface area contributed by atoms with Crippen LogP contribution in [0.4, 0.5) is 14.9 Å². The van der Waals surface area contributed by atoms with Crippen molar-refractivity contribution in [3.8, 4) is 5.88 Å². The molecule has 0 unspecified atom stereocenters. The zero-order valence-corrected chi connectivity index (χ0v) is 15.3. The lowest BCUT2D eigenvalue weighted by Gasteiger charge is -2.34. The Labute approximate surface area is 164 Å². The van der Waals surface area contributed by atoms with Gasteiger partial charge in [0.1, 0.15) is 11.4 Å². The third-order valence-corrected chi connectivity index (χ3v) is 4.86. The van der Waals surface area contributed by atoms with Gasteiger partial charge >= 0.3 is 6.09 Å². The second-order valence-electron chi connectivity index (χ2n) is 6.42. The van der Waals surface area contributed by atoms with Crippen molar-refractivity contribution < 1.29 is 23.4 Å². The summed E-state index contributed by atoms with van der Waals surface area (Å²) < 4.78 is 30.5. The van der Waals surface area contributed by atoms with E-state index in [1.54, 1.807) is 6.07 Å². The van der Waals surface area contributed by atoms with Gasteiger partial charge in [-0.1, -0.05) is 11.6 Å². The molecule has 3 N–H and O–H groups in total. The predicted molar refractivity (Wildman–Crippen MR) is 98.9 cm³/mol. The Morgan fingerprint density at radius 2 is 2.21 bits per heavy atom. The molecule has 4 rings (SSSR count). The molecule has 2 aliphatic heterocycles. The van der Waals surface area contributed by atoms with E-state index < -0.39 is 17.4 Å². The van der Waals surface area contributed by atoms with Crippen molar-refractivity contribution in [1.82, 2.24) is 4.98 Å². The normalized spacial score (nSPS) is 23.4. The smallest absolute Gasteiger partial charge is 0.418 e. The third kappa shape index (κ3) is 3.46. The minimum atomic E-state index is -0.994. The van der Waals surface area contributed by atoms with Crippen LogP contribution < -0.4 is 15.8 Å². The van der Waals surface area contributed by atoms with Crippen LogP contribution in [0.25, 0.3) is 0 Å². The van der Waals surface area contributed by atoms with E-state index in [2.05, 4.69) is 15.3 Å². The molecule has 2 aromatic rings. The summed E-state index contributed by atoms with van der Waals surface area (Å²) in [6.45, 7) is 0.816.